The number of morpholine rings is 1. The third-order valence-corrected chi connectivity index (χ3v) is 11.9. The van der Waals surface area contributed by atoms with Gasteiger partial charge in [0.15, 0.2) is 0 Å². The summed E-state index contributed by atoms with van der Waals surface area (Å²) in [6.07, 6.45) is -1.29. The lowest BCUT2D eigenvalue weighted by Gasteiger charge is -2.36. The van der Waals surface area contributed by atoms with Crippen LogP contribution in [0.4, 0.5) is 39.4 Å². The van der Waals surface area contributed by atoms with E-state index >= 15 is 4.39 Å². The molecule has 4 saturated heterocycles. The number of piperidine rings is 1. The van der Waals surface area contributed by atoms with Gasteiger partial charge in [-0.25, -0.2) is 14.2 Å². The van der Waals surface area contributed by atoms with E-state index < -0.39 is 48.2 Å². The second-order valence-corrected chi connectivity index (χ2v) is 15.9. The molecule has 0 radical (unpaired) electrons. The Labute approximate surface area is 344 Å². The van der Waals surface area contributed by atoms with E-state index in [4.69, 9.17) is 14.5 Å². The van der Waals surface area contributed by atoms with Crippen molar-refractivity contribution in [1.82, 2.24) is 30.0 Å². The molecule has 19 heteroatoms. The van der Waals surface area contributed by atoms with E-state index in [-0.39, 0.29) is 43.9 Å². The standard InChI is InChI=1S/C41H47F4N9O6/c1-25-30(18-29(22-46-25)48-40(58)53-5-4-26(23-53)20-41(43,44)45)27-16-35(52-11-13-59-14-12-52)38(47-21-27)60-15-10-50-6-8-51(9-7-50)34-17-28-24-54(39(57)31(28)19-32(34)42)33-2-3-36(55)49-37(33)56/h16-19,21-22,26,33H,2-15,20,23-24H2,1H3,(H,48,58)(H,49,55,56)/t26-,33?/m0/s1. The average molecular weight is 838 g/mol. The predicted octanol–water partition coefficient (Wildman–Crippen LogP) is 4.20. The normalized spacial score (nSPS) is 21.4. The number of alkyl halides is 3. The number of nitrogens with zero attached hydrogens (tertiary/aromatic N) is 7. The Morgan fingerprint density at radius 1 is 0.933 bits per heavy atom. The molecule has 2 N–H and O–H groups in total. The molecule has 2 aromatic heterocycles. The number of piperazine rings is 1. The molecule has 2 atom stereocenters. The molecular formula is C41H47F4N9O6. The zero-order chi connectivity index (χ0) is 42.1. The number of hydrogen-bond acceptors (Lipinski definition) is 11. The first kappa shape index (κ1) is 41.2. The highest BCUT2D eigenvalue weighted by molar-refractivity contribution is 6.05. The topological polar surface area (TPSA) is 153 Å². The average Bonchev–Trinajstić information content (AvgIpc) is 3.81. The lowest BCUT2D eigenvalue weighted by molar-refractivity contribution is -0.143. The van der Waals surface area contributed by atoms with Crippen molar-refractivity contribution >= 4 is 40.8 Å². The number of halogens is 4. The molecule has 3 aromatic rings. The van der Waals surface area contributed by atoms with Crippen LogP contribution in [0.5, 0.6) is 5.88 Å². The van der Waals surface area contributed by atoms with Gasteiger partial charge in [-0.15, -0.1) is 0 Å². The van der Waals surface area contributed by atoms with Gasteiger partial charge in [-0.3, -0.25) is 29.6 Å². The van der Waals surface area contributed by atoms with Crippen LogP contribution in [-0.2, 0) is 20.9 Å². The number of imide groups is 1. The largest absolute Gasteiger partial charge is 0.475 e. The van der Waals surface area contributed by atoms with E-state index in [1.807, 2.05) is 17.9 Å². The van der Waals surface area contributed by atoms with E-state index in [0.29, 0.717) is 101 Å². The van der Waals surface area contributed by atoms with Crippen LogP contribution in [0, 0.1) is 18.7 Å². The Morgan fingerprint density at radius 3 is 2.45 bits per heavy atom. The van der Waals surface area contributed by atoms with Crippen molar-refractivity contribution in [2.45, 2.75) is 51.4 Å². The number of likely N-dealkylation sites (tertiary alicyclic amines) is 1. The highest BCUT2D eigenvalue weighted by Gasteiger charge is 2.40. The first-order valence-corrected chi connectivity index (χ1v) is 20.3. The van der Waals surface area contributed by atoms with Crippen LogP contribution in [0.25, 0.3) is 11.1 Å². The first-order valence-electron chi connectivity index (χ1n) is 20.3. The summed E-state index contributed by atoms with van der Waals surface area (Å²) in [5.41, 5.74) is 4.67. The van der Waals surface area contributed by atoms with Crippen molar-refractivity contribution in [2.24, 2.45) is 5.92 Å². The number of carbonyl (C=O) groups is 4. The maximum Gasteiger partial charge on any atom is 0.389 e. The van der Waals surface area contributed by atoms with Gasteiger partial charge in [-0.1, -0.05) is 0 Å². The van der Waals surface area contributed by atoms with Crippen LogP contribution in [0.3, 0.4) is 0 Å². The maximum absolute atomic E-state index is 15.5. The van der Waals surface area contributed by atoms with Gasteiger partial charge in [0.05, 0.1) is 30.8 Å². The van der Waals surface area contributed by atoms with Crippen molar-refractivity contribution < 1.29 is 46.2 Å². The maximum atomic E-state index is 15.5. The molecule has 0 aliphatic carbocycles. The second-order valence-electron chi connectivity index (χ2n) is 15.9. The van der Waals surface area contributed by atoms with Gasteiger partial charge in [0.25, 0.3) is 5.91 Å². The molecule has 5 aliphatic rings. The van der Waals surface area contributed by atoms with Gasteiger partial charge in [0, 0.05) is 107 Å². The fraction of sp³-hybridized carbons (Fsp3) is 0.512. The van der Waals surface area contributed by atoms with E-state index in [2.05, 4.69) is 25.4 Å². The number of ether oxygens (including phenoxy) is 2. The molecule has 8 rings (SSSR count). The van der Waals surface area contributed by atoms with Gasteiger partial charge in [0.1, 0.15) is 24.2 Å². The summed E-state index contributed by atoms with van der Waals surface area (Å²) in [6.45, 7) is 7.98. The Bertz CT molecular complexity index is 2140. The molecule has 320 valence electrons. The lowest BCUT2D eigenvalue weighted by atomic mass is 10.0. The molecule has 1 unspecified atom stereocenters. The molecule has 60 heavy (non-hydrogen) atoms. The van der Waals surface area contributed by atoms with Crippen LogP contribution in [-0.4, -0.2) is 139 Å². The third-order valence-electron chi connectivity index (χ3n) is 11.9. The van der Waals surface area contributed by atoms with Crippen LogP contribution >= 0.6 is 0 Å². The number of carbonyl (C=O) groups excluding carboxylic acids is 4. The summed E-state index contributed by atoms with van der Waals surface area (Å²) >= 11 is 0. The third kappa shape index (κ3) is 9.11. The molecule has 0 bridgehead atoms. The monoisotopic (exact) mass is 837 g/mol. The molecule has 15 nitrogen and oxygen atoms in total. The smallest absolute Gasteiger partial charge is 0.389 e. The molecule has 5 aliphatic heterocycles. The number of aryl methyl sites for hydroxylation is 1. The first-order chi connectivity index (χ1) is 28.8. The summed E-state index contributed by atoms with van der Waals surface area (Å²) in [4.78, 5) is 68.6. The zero-order valence-corrected chi connectivity index (χ0v) is 33.2. The Hall–Kier alpha value is -5.56. The molecule has 0 saturated carbocycles. The van der Waals surface area contributed by atoms with Crippen LogP contribution < -0.4 is 25.2 Å². The van der Waals surface area contributed by atoms with Gasteiger partial charge < -0.3 is 34.4 Å². The minimum atomic E-state index is -4.27. The highest BCUT2D eigenvalue weighted by atomic mass is 19.4. The quantitative estimate of drug-likeness (QED) is 0.223. The zero-order valence-electron chi connectivity index (χ0n) is 33.2. The summed E-state index contributed by atoms with van der Waals surface area (Å²) in [7, 11) is 0. The predicted molar refractivity (Wildman–Crippen MR) is 211 cm³/mol. The van der Waals surface area contributed by atoms with Crippen molar-refractivity contribution in [1.29, 1.82) is 0 Å². The highest BCUT2D eigenvalue weighted by Crippen LogP contribution is 2.36. The number of hydrogen-bond donors (Lipinski definition) is 2. The molecule has 5 amide bonds. The number of fused-ring (bicyclic) bond motifs is 1. The molecule has 4 fully saturated rings. The van der Waals surface area contributed by atoms with Crippen molar-refractivity contribution in [3.8, 4) is 17.0 Å². The van der Waals surface area contributed by atoms with Gasteiger partial charge in [0.2, 0.25) is 17.7 Å². The lowest BCUT2D eigenvalue weighted by Crippen LogP contribution is -2.52. The minimum absolute atomic E-state index is 0.0389. The SMILES string of the molecule is Cc1ncc(NC(=O)N2CC[C@@H](CC(F)(F)F)C2)cc1-c1cnc(OCCN2CCN(c3cc4c(cc3F)C(=O)N(C3CCC(=O)NC3=O)C4)CC2)c(N2CCOCC2)c1. The fourth-order valence-electron chi connectivity index (χ4n) is 8.64. The van der Waals surface area contributed by atoms with E-state index in [1.165, 1.54) is 22.1 Å². The Morgan fingerprint density at radius 2 is 1.70 bits per heavy atom. The molecule has 0 spiro atoms. The summed E-state index contributed by atoms with van der Waals surface area (Å²) < 4.78 is 66.2. The molecular weight excluding hydrogens is 790 g/mol. The van der Waals surface area contributed by atoms with Crippen LogP contribution in [0.1, 0.15) is 47.3 Å². The Kier molecular flexibility index (Phi) is 11.8. The van der Waals surface area contributed by atoms with Gasteiger partial charge in [-0.05, 0) is 55.5 Å². The minimum Gasteiger partial charge on any atom is -0.475 e. The summed E-state index contributed by atoms with van der Waals surface area (Å²) in [6, 6.07) is 5.48. The number of rotatable bonds is 10. The van der Waals surface area contributed by atoms with Crippen molar-refractivity contribution in [3.63, 3.8) is 0 Å². The number of benzene rings is 1. The number of pyridine rings is 2. The molecule has 7 heterocycles. The fourth-order valence-corrected chi connectivity index (χ4v) is 8.64. The van der Waals surface area contributed by atoms with Crippen molar-refractivity contribution in [2.75, 3.05) is 93.8 Å². The number of anilines is 3. The molecule has 1 aromatic carbocycles. The van der Waals surface area contributed by atoms with E-state index in [0.717, 1.165) is 16.8 Å². The summed E-state index contributed by atoms with van der Waals surface area (Å²) in [5.74, 6) is -1.95. The Balaban J connectivity index is 0.882. The number of aromatic nitrogens is 2. The van der Waals surface area contributed by atoms with Crippen LogP contribution in [0.15, 0.2) is 36.7 Å². The van der Waals surface area contributed by atoms with E-state index in [1.54, 1.807) is 18.3 Å². The van der Waals surface area contributed by atoms with E-state index in [9.17, 15) is 32.3 Å². The summed E-state index contributed by atoms with van der Waals surface area (Å²) in [5, 5.41) is 5.09. The number of nitrogens with one attached hydrogen (secondary N) is 2. The van der Waals surface area contributed by atoms with Crippen molar-refractivity contribution in [3.05, 3.63) is 59.3 Å². The number of urea groups is 1. The van der Waals surface area contributed by atoms with Crippen LogP contribution in [0.2, 0.25) is 0 Å². The van der Waals surface area contributed by atoms with Gasteiger partial charge in [-0.2, -0.15) is 13.2 Å². The number of amides is 5. The second kappa shape index (κ2) is 17.2. The van der Waals surface area contributed by atoms with Gasteiger partial charge >= 0.3 is 12.2 Å².